The summed E-state index contributed by atoms with van der Waals surface area (Å²) in [5.74, 6) is 0. The number of rotatable bonds is 2. The molecule has 2 heterocycles. The van der Waals surface area contributed by atoms with Gasteiger partial charge in [-0.15, -0.1) is 11.3 Å². The van der Waals surface area contributed by atoms with E-state index in [-0.39, 0.29) is 12.1 Å². The van der Waals surface area contributed by atoms with Crippen molar-refractivity contribution in [1.82, 2.24) is 15.2 Å². The normalized spacial score (nSPS) is 20.4. The number of aromatic nitrogens is 1. The zero-order valence-electron chi connectivity index (χ0n) is 11.9. The van der Waals surface area contributed by atoms with Crippen LogP contribution in [0.25, 0.3) is 0 Å². The van der Waals surface area contributed by atoms with Gasteiger partial charge in [0.05, 0.1) is 24.9 Å². The molecule has 1 saturated heterocycles. The van der Waals surface area contributed by atoms with Gasteiger partial charge in [-0.05, 0) is 32.6 Å². The van der Waals surface area contributed by atoms with E-state index in [9.17, 15) is 4.79 Å². The van der Waals surface area contributed by atoms with Crippen LogP contribution in [0.3, 0.4) is 0 Å². The third-order valence-corrected chi connectivity index (χ3v) is 5.21. The van der Waals surface area contributed by atoms with Gasteiger partial charge < -0.3 is 15.0 Å². The number of carbonyl (C=O) groups excluding carboxylic acids is 1. The second kappa shape index (κ2) is 6.10. The Morgan fingerprint density at radius 2 is 2.10 bits per heavy atom. The minimum atomic E-state index is -0.0130. The SMILES string of the molecule is C[C@H](NC(=O)N1CCOCC1)c1nc2c(s1)CCCC2. The van der Waals surface area contributed by atoms with Crippen molar-refractivity contribution < 1.29 is 9.53 Å². The lowest BCUT2D eigenvalue weighted by Crippen LogP contribution is -2.46. The number of aryl methyl sites for hydroxylation is 2. The van der Waals surface area contributed by atoms with Gasteiger partial charge in [-0.1, -0.05) is 0 Å². The Morgan fingerprint density at radius 3 is 2.85 bits per heavy atom. The van der Waals surface area contributed by atoms with E-state index in [2.05, 4.69) is 5.32 Å². The molecule has 2 amide bonds. The second-order valence-electron chi connectivity index (χ2n) is 5.40. The van der Waals surface area contributed by atoms with Crippen LogP contribution in [0.2, 0.25) is 0 Å². The average Bonchev–Trinajstić information content (AvgIpc) is 2.92. The quantitative estimate of drug-likeness (QED) is 0.909. The first kappa shape index (κ1) is 13.8. The summed E-state index contributed by atoms with van der Waals surface area (Å²) in [4.78, 5) is 20.1. The van der Waals surface area contributed by atoms with E-state index in [0.29, 0.717) is 26.3 Å². The van der Waals surface area contributed by atoms with Crippen LogP contribution >= 0.6 is 11.3 Å². The lowest BCUT2D eigenvalue weighted by atomic mass is 10.0. The van der Waals surface area contributed by atoms with Crippen LogP contribution in [0.4, 0.5) is 4.79 Å². The van der Waals surface area contributed by atoms with E-state index in [0.717, 1.165) is 17.8 Å². The van der Waals surface area contributed by atoms with Crippen molar-refractivity contribution in [2.75, 3.05) is 26.3 Å². The van der Waals surface area contributed by atoms with Gasteiger partial charge in [0, 0.05) is 18.0 Å². The highest BCUT2D eigenvalue weighted by Gasteiger charge is 2.22. The van der Waals surface area contributed by atoms with Crippen LogP contribution in [0, 0.1) is 0 Å². The van der Waals surface area contributed by atoms with Gasteiger partial charge in [0.1, 0.15) is 5.01 Å². The lowest BCUT2D eigenvalue weighted by molar-refractivity contribution is 0.0526. The summed E-state index contributed by atoms with van der Waals surface area (Å²) in [6, 6.07) is -0.0186. The molecule has 6 heteroatoms. The van der Waals surface area contributed by atoms with Crippen LogP contribution in [0.1, 0.15) is 41.4 Å². The number of hydrogen-bond donors (Lipinski definition) is 1. The Bertz CT molecular complexity index is 459. The summed E-state index contributed by atoms with van der Waals surface area (Å²) < 4.78 is 5.26. The zero-order chi connectivity index (χ0) is 13.9. The smallest absolute Gasteiger partial charge is 0.318 e. The minimum absolute atomic E-state index is 0.00558. The van der Waals surface area contributed by atoms with Crippen LogP contribution in [-0.4, -0.2) is 42.2 Å². The maximum Gasteiger partial charge on any atom is 0.318 e. The Balaban J connectivity index is 1.62. The molecular weight excluding hydrogens is 274 g/mol. The van der Waals surface area contributed by atoms with Crippen molar-refractivity contribution in [3.63, 3.8) is 0 Å². The van der Waals surface area contributed by atoms with Crippen molar-refractivity contribution in [2.24, 2.45) is 0 Å². The number of nitrogens with zero attached hydrogens (tertiary/aromatic N) is 2. The first-order valence-electron chi connectivity index (χ1n) is 7.35. The molecule has 0 spiro atoms. The zero-order valence-corrected chi connectivity index (χ0v) is 12.7. The Hall–Kier alpha value is -1.14. The van der Waals surface area contributed by atoms with Crippen molar-refractivity contribution in [3.8, 4) is 0 Å². The Morgan fingerprint density at radius 1 is 1.35 bits per heavy atom. The third kappa shape index (κ3) is 2.96. The molecular formula is C14H21N3O2S. The van der Waals surface area contributed by atoms with E-state index in [1.165, 1.54) is 23.4 Å². The fraction of sp³-hybridized carbons (Fsp3) is 0.714. The molecule has 0 radical (unpaired) electrons. The topological polar surface area (TPSA) is 54.5 Å². The van der Waals surface area contributed by atoms with Crippen molar-refractivity contribution in [2.45, 2.75) is 38.6 Å². The first-order chi connectivity index (χ1) is 9.74. The molecule has 0 saturated carbocycles. The van der Waals surface area contributed by atoms with E-state index >= 15 is 0 Å². The summed E-state index contributed by atoms with van der Waals surface area (Å²) in [6.07, 6.45) is 4.75. The lowest BCUT2D eigenvalue weighted by Gasteiger charge is -2.28. The molecule has 1 fully saturated rings. The predicted octanol–water partition coefficient (Wildman–Crippen LogP) is 2.12. The molecule has 5 nitrogen and oxygen atoms in total. The molecule has 20 heavy (non-hydrogen) atoms. The van der Waals surface area contributed by atoms with Crippen molar-refractivity contribution in [1.29, 1.82) is 0 Å². The highest BCUT2D eigenvalue weighted by atomic mass is 32.1. The molecule has 1 aliphatic carbocycles. The van der Waals surface area contributed by atoms with E-state index in [1.807, 2.05) is 11.8 Å². The highest BCUT2D eigenvalue weighted by Crippen LogP contribution is 2.29. The number of nitrogens with one attached hydrogen (secondary N) is 1. The number of fused-ring (bicyclic) bond motifs is 1. The van der Waals surface area contributed by atoms with E-state index < -0.39 is 0 Å². The van der Waals surface area contributed by atoms with Gasteiger partial charge >= 0.3 is 6.03 Å². The van der Waals surface area contributed by atoms with Crippen LogP contribution in [-0.2, 0) is 17.6 Å². The summed E-state index contributed by atoms with van der Waals surface area (Å²) in [5, 5.41) is 4.09. The second-order valence-corrected chi connectivity index (χ2v) is 6.51. The number of ether oxygens (including phenoxy) is 1. The molecule has 0 unspecified atom stereocenters. The van der Waals surface area contributed by atoms with Crippen molar-refractivity contribution in [3.05, 3.63) is 15.6 Å². The Labute approximate surface area is 123 Å². The molecule has 1 aromatic heterocycles. The van der Waals surface area contributed by atoms with E-state index in [4.69, 9.17) is 9.72 Å². The van der Waals surface area contributed by atoms with Crippen molar-refractivity contribution >= 4 is 17.4 Å². The van der Waals surface area contributed by atoms with Crippen LogP contribution < -0.4 is 5.32 Å². The maximum atomic E-state index is 12.2. The number of hydrogen-bond acceptors (Lipinski definition) is 4. The minimum Gasteiger partial charge on any atom is -0.378 e. The molecule has 0 bridgehead atoms. The predicted molar refractivity (Wildman–Crippen MR) is 78.1 cm³/mol. The summed E-state index contributed by atoms with van der Waals surface area (Å²) in [6.45, 7) is 4.63. The Kier molecular flexibility index (Phi) is 4.21. The first-order valence-corrected chi connectivity index (χ1v) is 8.17. The largest absolute Gasteiger partial charge is 0.378 e. The molecule has 1 aromatic rings. The summed E-state index contributed by atoms with van der Waals surface area (Å²) in [7, 11) is 0. The number of thiazole rings is 1. The standard InChI is InChI=1S/C14H21N3O2S/c1-10(15-14(18)17-6-8-19-9-7-17)13-16-11-4-2-3-5-12(11)20-13/h10H,2-9H2,1H3,(H,15,18)/t10-/m0/s1. The van der Waals surface area contributed by atoms with Gasteiger partial charge in [0.25, 0.3) is 0 Å². The molecule has 1 atom stereocenters. The van der Waals surface area contributed by atoms with Gasteiger partial charge in [-0.2, -0.15) is 0 Å². The molecule has 1 N–H and O–H groups in total. The fourth-order valence-electron chi connectivity index (χ4n) is 2.66. The monoisotopic (exact) mass is 295 g/mol. The maximum absolute atomic E-state index is 12.2. The number of carbonyl (C=O) groups is 1. The highest BCUT2D eigenvalue weighted by molar-refractivity contribution is 7.11. The molecule has 0 aromatic carbocycles. The number of amides is 2. The fourth-order valence-corrected chi connectivity index (χ4v) is 3.82. The molecule has 3 rings (SSSR count). The van der Waals surface area contributed by atoms with Gasteiger partial charge in [-0.25, -0.2) is 9.78 Å². The van der Waals surface area contributed by atoms with Gasteiger partial charge in [-0.3, -0.25) is 0 Å². The average molecular weight is 295 g/mol. The van der Waals surface area contributed by atoms with E-state index in [1.54, 1.807) is 11.3 Å². The van der Waals surface area contributed by atoms with Gasteiger partial charge in [0.15, 0.2) is 0 Å². The van der Waals surface area contributed by atoms with Crippen LogP contribution in [0.5, 0.6) is 0 Å². The number of urea groups is 1. The summed E-state index contributed by atoms with van der Waals surface area (Å²) in [5.41, 5.74) is 1.25. The molecule has 1 aliphatic heterocycles. The summed E-state index contributed by atoms with van der Waals surface area (Å²) >= 11 is 1.76. The molecule has 2 aliphatic rings. The van der Waals surface area contributed by atoms with Gasteiger partial charge in [0.2, 0.25) is 0 Å². The number of morpholine rings is 1. The third-order valence-electron chi connectivity index (χ3n) is 3.87. The molecule has 110 valence electrons. The van der Waals surface area contributed by atoms with Crippen LogP contribution in [0.15, 0.2) is 0 Å².